The van der Waals surface area contributed by atoms with Crippen LogP contribution in [0, 0.1) is 5.92 Å². The van der Waals surface area contributed by atoms with Crippen LogP contribution in [0.25, 0.3) is 0 Å². The van der Waals surface area contributed by atoms with Crippen molar-refractivity contribution in [1.29, 1.82) is 0 Å². The van der Waals surface area contributed by atoms with Gasteiger partial charge in [-0.25, -0.2) is 19.6 Å². The molecule has 0 aliphatic heterocycles. The monoisotopic (exact) mass is 188 g/mol. The van der Waals surface area contributed by atoms with E-state index in [0.717, 1.165) is 0 Å². The fourth-order valence-electron chi connectivity index (χ4n) is 0.676. The largest absolute Gasteiger partial charge is 0.234 e. The molecule has 66 valence electrons. The highest BCUT2D eigenvalue weighted by Crippen LogP contribution is 2.05. The van der Waals surface area contributed by atoms with Crippen molar-refractivity contribution in [3.63, 3.8) is 0 Å². The van der Waals surface area contributed by atoms with Gasteiger partial charge in [-0.1, -0.05) is 0 Å². The third kappa shape index (κ3) is 5.81. The van der Waals surface area contributed by atoms with Crippen LogP contribution in [0.1, 0.15) is 6.42 Å². The molecule has 0 radical (unpaired) electrons. The summed E-state index contributed by atoms with van der Waals surface area (Å²) in [5.74, 6) is 0.491. The number of carbonyl (C=O) groups excluding carboxylic acids is 2. The molecule has 1 unspecified atom stereocenters. The molecule has 0 aromatic heterocycles. The predicted molar refractivity (Wildman–Crippen MR) is 44.8 cm³/mol. The lowest BCUT2D eigenvalue weighted by Crippen LogP contribution is -2.07. The Morgan fingerprint density at radius 1 is 1.25 bits per heavy atom. The minimum Gasteiger partial charge on any atom is -0.211 e. The topological polar surface area (TPSA) is 58.9 Å². The van der Waals surface area contributed by atoms with Crippen LogP contribution in [0.15, 0.2) is 9.98 Å². The summed E-state index contributed by atoms with van der Waals surface area (Å²) in [4.78, 5) is 26.2. The Balaban J connectivity index is 3.66. The second-order valence-electron chi connectivity index (χ2n) is 2.21. The molecule has 0 fully saturated rings. The van der Waals surface area contributed by atoms with E-state index in [4.69, 9.17) is 11.6 Å². The Morgan fingerprint density at radius 3 is 2.42 bits per heavy atom. The zero-order chi connectivity index (χ0) is 9.23. The van der Waals surface area contributed by atoms with Gasteiger partial charge in [-0.3, -0.25) is 0 Å². The first-order valence-corrected chi connectivity index (χ1v) is 4.01. The van der Waals surface area contributed by atoms with Crippen LogP contribution in [-0.4, -0.2) is 31.1 Å². The minimum absolute atomic E-state index is 0.0882. The third-order valence-electron chi connectivity index (χ3n) is 1.35. The molecular formula is C7H9ClN2O2. The van der Waals surface area contributed by atoms with Crippen molar-refractivity contribution >= 4 is 23.8 Å². The van der Waals surface area contributed by atoms with E-state index in [1.165, 1.54) is 12.2 Å². The van der Waals surface area contributed by atoms with Crippen LogP contribution in [0.5, 0.6) is 0 Å². The van der Waals surface area contributed by atoms with Gasteiger partial charge < -0.3 is 0 Å². The Labute approximate surface area is 75.3 Å². The number of hydrogen-bond donors (Lipinski definition) is 0. The molecule has 4 nitrogen and oxygen atoms in total. The summed E-state index contributed by atoms with van der Waals surface area (Å²) in [6.07, 6.45) is 3.50. The summed E-state index contributed by atoms with van der Waals surface area (Å²) < 4.78 is 0. The molecule has 0 aromatic carbocycles. The first-order valence-electron chi connectivity index (χ1n) is 3.48. The van der Waals surface area contributed by atoms with Crippen molar-refractivity contribution in [2.75, 3.05) is 19.0 Å². The highest BCUT2D eigenvalue weighted by molar-refractivity contribution is 6.18. The number of aliphatic imine (C=N–C) groups is 2. The maximum absolute atomic E-state index is 9.73. The van der Waals surface area contributed by atoms with Gasteiger partial charge in [0.1, 0.15) is 0 Å². The lowest BCUT2D eigenvalue weighted by atomic mass is 10.1. The summed E-state index contributed by atoms with van der Waals surface area (Å²) in [5.41, 5.74) is 0. The van der Waals surface area contributed by atoms with E-state index in [0.29, 0.717) is 25.4 Å². The maximum atomic E-state index is 9.73. The number of rotatable bonds is 6. The molecule has 0 aliphatic rings. The van der Waals surface area contributed by atoms with Gasteiger partial charge in [-0.2, -0.15) is 0 Å². The van der Waals surface area contributed by atoms with E-state index in [9.17, 15) is 9.59 Å². The smallest absolute Gasteiger partial charge is 0.211 e. The van der Waals surface area contributed by atoms with E-state index in [2.05, 4.69) is 9.98 Å². The second-order valence-corrected chi connectivity index (χ2v) is 2.52. The first kappa shape index (κ1) is 11.1. The molecule has 5 heteroatoms. The molecule has 0 aliphatic carbocycles. The van der Waals surface area contributed by atoms with Crippen molar-refractivity contribution in [3.05, 3.63) is 0 Å². The van der Waals surface area contributed by atoms with Crippen molar-refractivity contribution in [1.82, 2.24) is 0 Å². The molecule has 12 heavy (non-hydrogen) atoms. The highest BCUT2D eigenvalue weighted by atomic mass is 35.5. The van der Waals surface area contributed by atoms with Crippen LogP contribution in [0.4, 0.5) is 0 Å². The molecular weight excluding hydrogens is 180 g/mol. The molecule has 0 bridgehead atoms. The average molecular weight is 189 g/mol. The summed E-state index contributed by atoms with van der Waals surface area (Å²) in [6.45, 7) is 0.733. The molecule has 0 rings (SSSR count). The SMILES string of the molecule is O=C=NCCC(CCl)CN=C=O. The molecule has 0 heterocycles. The second kappa shape index (κ2) is 8.15. The van der Waals surface area contributed by atoms with Crippen LogP contribution in [0.3, 0.4) is 0 Å². The lowest BCUT2D eigenvalue weighted by Gasteiger charge is -2.05. The molecule has 0 N–H and O–H groups in total. The van der Waals surface area contributed by atoms with E-state index in [1.807, 2.05) is 0 Å². The normalized spacial score (nSPS) is 11.1. The summed E-state index contributed by atoms with van der Waals surface area (Å²) in [5, 5.41) is 0. The van der Waals surface area contributed by atoms with Crippen molar-refractivity contribution in [2.45, 2.75) is 6.42 Å². The fourth-order valence-corrected chi connectivity index (χ4v) is 0.928. The summed E-state index contributed by atoms with van der Waals surface area (Å²) in [7, 11) is 0. The molecule has 0 saturated carbocycles. The quantitative estimate of drug-likeness (QED) is 0.353. The predicted octanol–water partition coefficient (Wildman–Crippen LogP) is 0.903. The van der Waals surface area contributed by atoms with Gasteiger partial charge >= 0.3 is 0 Å². The van der Waals surface area contributed by atoms with Gasteiger partial charge in [-0.05, 0) is 12.3 Å². The van der Waals surface area contributed by atoms with E-state index < -0.39 is 0 Å². The number of alkyl halides is 1. The summed E-state index contributed by atoms with van der Waals surface area (Å²) in [6, 6.07) is 0. The zero-order valence-electron chi connectivity index (χ0n) is 6.49. The van der Waals surface area contributed by atoms with Gasteiger partial charge in [0, 0.05) is 5.88 Å². The first-order chi connectivity index (χ1) is 5.85. The molecule has 0 saturated heterocycles. The third-order valence-corrected chi connectivity index (χ3v) is 1.78. The van der Waals surface area contributed by atoms with Crippen LogP contribution >= 0.6 is 11.6 Å². The van der Waals surface area contributed by atoms with Crippen LogP contribution < -0.4 is 0 Å². The van der Waals surface area contributed by atoms with Gasteiger partial charge in [0.05, 0.1) is 13.1 Å². The molecule has 0 amide bonds. The Morgan fingerprint density at radius 2 is 1.92 bits per heavy atom. The number of halogens is 1. The van der Waals surface area contributed by atoms with Crippen LogP contribution in [-0.2, 0) is 9.59 Å². The van der Waals surface area contributed by atoms with E-state index in [-0.39, 0.29) is 5.92 Å². The van der Waals surface area contributed by atoms with Gasteiger partial charge in [0.2, 0.25) is 12.2 Å². The maximum Gasteiger partial charge on any atom is 0.234 e. The standard InChI is InChI=1S/C7H9ClN2O2/c8-3-7(4-10-6-12)1-2-9-5-11/h7H,1-4H2. The zero-order valence-corrected chi connectivity index (χ0v) is 7.25. The average Bonchev–Trinajstić information content (AvgIpc) is 2.11. The van der Waals surface area contributed by atoms with Crippen molar-refractivity contribution < 1.29 is 9.59 Å². The minimum atomic E-state index is 0.0882. The number of hydrogen-bond acceptors (Lipinski definition) is 4. The lowest BCUT2D eigenvalue weighted by molar-refractivity contribution is 0.534. The number of isocyanates is 2. The van der Waals surface area contributed by atoms with Crippen LogP contribution in [0.2, 0.25) is 0 Å². The Hall–Kier alpha value is -0.950. The van der Waals surface area contributed by atoms with Gasteiger partial charge in [0.25, 0.3) is 0 Å². The molecule has 0 spiro atoms. The Bertz CT molecular complexity index is 207. The summed E-state index contributed by atoms with van der Waals surface area (Å²) >= 11 is 5.55. The van der Waals surface area contributed by atoms with Gasteiger partial charge in [0.15, 0.2) is 0 Å². The van der Waals surface area contributed by atoms with Crippen molar-refractivity contribution in [2.24, 2.45) is 15.9 Å². The van der Waals surface area contributed by atoms with Gasteiger partial charge in [-0.15, -0.1) is 11.6 Å². The van der Waals surface area contributed by atoms with E-state index in [1.54, 1.807) is 0 Å². The fraction of sp³-hybridized carbons (Fsp3) is 0.714. The highest BCUT2D eigenvalue weighted by Gasteiger charge is 2.05. The van der Waals surface area contributed by atoms with E-state index >= 15 is 0 Å². The molecule has 1 atom stereocenters. The number of nitrogens with zero attached hydrogens (tertiary/aromatic N) is 2. The molecule has 0 aromatic rings. The Kier molecular flexibility index (Phi) is 7.50. The van der Waals surface area contributed by atoms with Crippen molar-refractivity contribution in [3.8, 4) is 0 Å².